The lowest BCUT2D eigenvalue weighted by atomic mass is 9.87. The fourth-order valence-corrected chi connectivity index (χ4v) is 2.35. The van der Waals surface area contributed by atoms with E-state index in [0.717, 1.165) is 5.56 Å². The summed E-state index contributed by atoms with van der Waals surface area (Å²) in [6, 6.07) is 19.0. The molecule has 2 heteroatoms. The zero-order chi connectivity index (χ0) is 14.6. The average Bonchev–Trinajstić information content (AvgIpc) is 2.47. The Bertz CT molecular complexity index is 560. The number of benzene rings is 2. The van der Waals surface area contributed by atoms with Crippen molar-refractivity contribution in [1.82, 2.24) is 0 Å². The maximum atomic E-state index is 12.9. The molecule has 0 bridgehead atoms. The van der Waals surface area contributed by atoms with Crippen LogP contribution in [0.3, 0.4) is 0 Å². The Balaban J connectivity index is 2.45. The van der Waals surface area contributed by atoms with Crippen LogP contribution >= 0.6 is 0 Å². The first-order chi connectivity index (χ1) is 9.54. The van der Waals surface area contributed by atoms with Crippen molar-refractivity contribution >= 4 is 5.78 Å². The highest BCUT2D eigenvalue weighted by Crippen LogP contribution is 2.31. The summed E-state index contributed by atoms with van der Waals surface area (Å²) in [7, 11) is 0. The van der Waals surface area contributed by atoms with Crippen LogP contribution in [0.4, 0.5) is 0 Å². The van der Waals surface area contributed by atoms with Gasteiger partial charge < -0.3 is 4.74 Å². The first-order valence-electron chi connectivity index (χ1n) is 6.87. The van der Waals surface area contributed by atoms with Gasteiger partial charge in [0.2, 0.25) is 0 Å². The highest BCUT2D eigenvalue weighted by molar-refractivity contribution is 6.02. The van der Waals surface area contributed by atoms with Crippen molar-refractivity contribution in [2.45, 2.75) is 32.5 Å². The molecule has 0 aromatic heterocycles. The Morgan fingerprint density at radius 1 is 0.950 bits per heavy atom. The second-order valence-electron chi connectivity index (χ2n) is 5.26. The number of carbonyl (C=O) groups is 1. The summed E-state index contributed by atoms with van der Waals surface area (Å²) in [6.07, 6.45) is -0.0344. The molecule has 0 fully saturated rings. The Hall–Kier alpha value is -1.93. The lowest BCUT2D eigenvalue weighted by molar-refractivity contribution is -0.0503. The fraction of sp³-hybridized carbons (Fsp3) is 0.278. The first kappa shape index (κ1) is 14.5. The molecule has 0 radical (unpaired) electrons. The van der Waals surface area contributed by atoms with Crippen LogP contribution in [-0.4, -0.2) is 11.9 Å². The molecule has 0 saturated carbocycles. The van der Waals surface area contributed by atoms with Crippen LogP contribution in [0, 0.1) is 0 Å². The molecular weight excluding hydrogens is 248 g/mol. The molecule has 2 nitrogen and oxygen atoms in total. The van der Waals surface area contributed by atoms with E-state index in [1.54, 1.807) is 0 Å². The van der Waals surface area contributed by atoms with Crippen molar-refractivity contribution in [3.05, 3.63) is 71.8 Å². The first-order valence-corrected chi connectivity index (χ1v) is 6.87. The predicted molar refractivity (Wildman–Crippen MR) is 80.8 cm³/mol. The minimum atomic E-state index is -0.962. The smallest absolute Gasteiger partial charge is 0.198 e. The summed E-state index contributed by atoms with van der Waals surface area (Å²) < 4.78 is 5.99. The molecule has 0 spiro atoms. The molecule has 0 saturated heterocycles. The lowest BCUT2D eigenvalue weighted by Crippen LogP contribution is -2.38. The van der Waals surface area contributed by atoms with Crippen molar-refractivity contribution in [3.63, 3.8) is 0 Å². The van der Waals surface area contributed by atoms with Crippen LogP contribution in [0.2, 0.25) is 0 Å². The zero-order valence-corrected chi connectivity index (χ0v) is 12.2. The van der Waals surface area contributed by atoms with E-state index in [2.05, 4.69) is 0 Å². The number of ketones is 1. The Labute approximate surface area is 120 Å². The standard InChI is InChI=1S/C18H20O2/c1-14(2)20-18(3,16-12-8-5-9-13-16)17(19)15-10-6-4-7-11-15/h4-14H,1-3H3. The van der Waals surface area contributed by atoms with Crippen molar-refractivity contribution in [2.24, 2.45) is 0 Å². The van der Waals surface area contributed by atoms with E-state index in [1.165, 1.54) is 0 Å². The van der Waals surface area contributed by atoms with Gasteiger partial charge in [-0.05, 0) is 26.3 Å². The van der Waals surface area contributed by atoms with Gasteiger partial charge in [-0.25, -0.2) is 0 Å². The van der Waals surface area contributed by atoms with Crippen LogP contribution in [0.15, 0.2) is 60.7 Å². The quantitative estimate of drug-likeness (QED) is 0.759. The van der Waals surface area contributed by atoms with Gasteiger partial charge in [-0.15, -0.1) is 0 Å². The molecular formula is C18H20O2. The summed E-state index contributed by atoms with van der Waals surface area (Å²) in [5, 5.41) is 0. The second-order valence-corrected chi connectivity index (χ2v) is 5.26. The van der Waals surface area contributed by atoms with Gasteiger partial charge in [-0.2, -0.15) is 0 Å². The normalized spacial score (nSPS) is 14.0. The molecule has 1 atom stereocenters. The van der Waals surface area contributed by atoms with Gasteiger partial charge in [-0.3, -0.25) is 4.79 Å². The van der Waals surface area contributed by atoms with Crippen LogP contribution in [-0.2, 0) is 10.3 Å². The zero-order valence-electron chi connectivity index (χ0n) is 12.2. The Morgan fingerprint density at radius 3 is 1.95 bits per heavy atom. The monoisotopic (exact) mass is 268 g/mol. The van der Waals surface area contributed by atoms with Gasteiger partial charge in [0.1, 0.15) is 0 Å². The van der Waals surface area contributed by atoms with E-state index in [-0.39, 0.29) is 11.9 Å². The molecule has 0 aliphatic heterocycles. The van der Waals surface area contributed by atoms with Crippen molar-refractivity contribution in [1.29, 1.82) is 0 Å². The number of hydrogen-bond acceptors (Lipinski definition) is 2. The molecule has 0 aliphatic rings. The van der Waals surface area contributed by atoms with Crippen LogP contribution in [0.25, 0.3) is 0 Å². The minimum Gasteiger partial charge on any atom is -0.360 e. The molecule has 0 heterocycles. The summed E-state index contributed by atoms with van der Waals surface area (Å²) >= 11 is 0. The maximum Gasteiger partial charge on any atom is 0.198 e. The SMILES string of the molecule is CC(C)OC(C)(C(=O)c1ccccc1)c1ccccc1. The molecule has 0 amide bonds. The largest absolute Gasteiger partial charge is 0.360 e. The summed E-state index contributed by atoms with van der Waals surface area (Å²) in [5.41, 5.74) is 0.582. The van der Waals surface area contributed by atoms with Crippen molar-refractivity contribution in [3.8, 4) is 0 Å². The van der Waals surface area contributed by atoms with Gasteiger partial charge in [-0.1, -0.05) is 60.7 Å². The molecule has 0 aliphatic carbocycles. The molecule has 0 N–H and O–H groups in total. The highest BCUT2D eigenvalue weighted by Gasteiger charge is 2.37. The van der Waals surface area contributed by atoms with E-state index in [1.807, 2.05) is 81.4 Å². The third kappa shape index (κ3) is 2.97. The fourth-order valence-electron chi connectivity index (χ4n) is 2.35. The van der Waals surface area contributed by atoms with Crippen molar-refractivity contribution in [2.75, 3.05) is 0 Å². The predicted octanol–water partition coefficient (Wildman–Crippen LogP) is 4.21. The van der Waals surface area contributed by atoms with Gasteiger partial charge in [0.25, 0.3) is 0 Å². The van der Waals surface area contributed by atoms with Crippen LogP contribution in [0.1, 0.15) is 36.7 Å². The maximum absolute atomic E-state index is 12.9. The third-order valence-corrected chi connectivity index (χ3v) is 3.27. The number of hydrogen-bond donors (Lipinski definition) is 0. The molecule has 20 heavy (non-hydrogen) atoms. The van der Waals surface area contributed by atoms with Gasteiger partial charge >= 0.3 is 0 Å². The summed E-state index contributed by atoms with van der Waals surface area (Å²) in [5.74, 6) is -0.0157. The van der Waals surface area contributed by atoms with Crippen LogP contribution < -0.4 is 0 Å². The number of Topliss-reactive ketones (excluding diaryl/α,β-unsaturated/α-hetero) is 1. The highest BCUT2D eigenvalue weighted by atomic mass is 16.5. The van der Waals surface area contributed by atoms with Crippen molar-refractivity contribution < 1.29 is 9.53 Å². The molecule has 2 aromatic rings. The van der Waals surface area contributed by atoms with Gasteiger partial charge in [0.05, 0.1) is 6.10 Å². The Morgan fingerprint density at radius 2 is 1.45 bits per heavy atom. The summed E-state index contributed by atoms with van der Waals surface area (Å²) in [4.78, 5) is 12.9. The number of ether oxygens (including phenoxy) is 1. The van der Waals surface area contributed by atoms with E-state index >= 15 is 0 Å². The summed E-state index contributed by atoms with van der Waals surface area (Å²) in [6.45, 7) is 5.73. The topological polar surface area (TPSA) is 26.3 Å². The van der Waals surface area contributed by atoms with Gasteiger partial charge in [0, 0.05) is 5.56 Å². The number of carbonyl (C=O) groups excluding carboxylic acids is 1. The Kier molecular flexibility index (Phi) is 4.35. The average molecular weight is 268 g/mol. The minimum absolute atomic E-state index is 0.0157. The van der Waals surface area contributed by atoms with E-state index in [9.17, 15) is 4.79 Å². The molecule has 104 valence electrons. The van der Waals surface area contributed by atoms with E-state index in [4.69, 9.17) is 4.74 Å². The second kappa shape index (κ2) is 6.02. The lowest BCUT2D eigenvalue weighted by Gasteiger charge is -2.31. The van der Waals surface area contributed by atoms with E-state index in [0.29, 0.717) is 5.56 Å². The molecule has 2 aromatic carbocycles. The molecule has 1 unspecified atom stereocenters. The molecule has 2 rings (SSSR count). The number of rotatable bonds is 5. The third-order valence-electron chi connectivity index (χ3n) is 3.27. The van der Waals surface area contributed by atoms with Gasteiger partial charge in [0.15, 0.2) is 11.4 Å². The van der Waals surface area contributed by atoms with E-state index < -0.39 is 5.60 Å². The van der Waals surface area contributed by atoms with Crippen LogP contribution in [0.5, 0.6) is 0 Å².